The topological polar surface area (TPSA) is 72.9 Å². The summed E-state index contributed by atoms with van der Waals surface area (Å²) in [5.41, 5.74) is 6.79. The first-order chi connectivity index (χ1) is 9.19. The number of aromatic nitrogens is 2. The monoisotopic (exact) mass is 262 g/mol. The fraction of sp³-hybridized carbons (Fsp3) is 0.714. The predicted molar refractivity (Wildman–Crippen MR) is 73.6 cm³/mol. The molecule has 2 aliphatic carbocycles. The van der Waals surface area contributed by atoms with E-state index in [1.54, 1.807) is 10.9 Å². The third kappa shape index (κ3) is 2.22. The molecule has 3 N–H and O–H groups in total. The molecule has 1 aromatic rings. The van der Waals surface area contributed by atoms with E-state index >= 15 is 0 Å². The molecular formula is C14H22N4O. The lowest BCUT2D eigenvalue weighted by Crippen LogP contribution is -2.33. The zero-order valence-corrected chi connectivity index (χ0v) is 11.4. The van der Waals surface area contributed by atoms with Gasteiger partial charge >= 0.3 is 0 Å². The van der Waals surface area contributed by atoms with Gasteiger partial charge in [0.25, 0.3) is 5.91 Å². The number of nitrogens with one attached hydrogen (secondary N) is 1. The van der Waals surface area contributed by atoms with Crippen molar-refractivity contribution in [2.45, 2.75) is 39.2 Å². The fourth-order valence-corrected chi connectivity index (χ4v) is 3.82. The van der Waals surface area contributed by atoms with Crippen LogP contribution in [-0.2, 0) is 6.54 Å². The van der Waals surface area contributed by atoms with Crippen molar-refractivity contribution in [3.05, 3.63) is 11.9 Å². The Hall–Kier alpha value is -1.52. The number of hydrogen-bond acceptors (Lipinski definition) is 3. The van der Waals surface area contributed by atoms with Gasteiger partial charge in [-0.1, -0.05) is 6.42 Å². The zero-order chi connectivity index (χ0) is 13.4. The molecule has 1 amide bonds. The van der Waals surface area contributed by atoms with Crippen molar-refractivity contribution in [2.24, 2.45) is 17.8 Å². The number of nitrogen functional groups attached to an aromatic ring is 1. The predicted octanol–water partition coefficient (Wildman–Crippen LogP) is 1.65. The van der Waals surface area contributed by atoms with Gasteiger partial charge in [-0.2, -0.15) is 5.10 Å². The number of fused-ring (bicyclic) bond motifs is 2. The number of amides is 1. The van der Waals surface area contributed by atoms with E-state index in [9.17, 15) is 4.79 Å². The second kappa shape index (κ2) is 4.87. The van der Waals surface area contributed by atoms with Gasteiger partial charge in [-0.15, -0.1) is 0 Å². The Morgan fingerprint density at radius 2 is 2.37 bits per heavy atom. The van der Waals surface area contributed by atoms with Gasteiger partial charge in [0, 0.05) is 13.1 Å². The van der Waals surface area contributed by atoms with Gasteiger partial charge in [0.1, 0.15) is 5.69 Å². The normalized spacial score (nSPS) is 28.8. The molecule has 2 bridgehead atoms. The van der Waals surface area contributed by atoms with Crippen LogP contribution in [0, 0.1) is 17.8 Å². The van der Waals surface area contributed by atoms with Gasteiger partial charge in [-0.3, -0.25) is 9.48 Å². The smallest absolute Gasteiger partial charge is 0.271 e. The number of nitrogens with two attached hydrogens (primary N) is 1. The van der Waals surface area contributed by atoms with Crippen molar-refractivity contribution in [1.29, 1.82) is 0 Å². The van der Waals surface area contributed by atoms with Crippen molar-refractivity contribution in [3.63, 3.8) is 0 Å². The van der Waals surface area contributed by atoms with E-state index in [1.807, 2.05) is 6.92 Å². The van der Waals surface area contributed by atoms with Crippen LogP contribution in [0.15, 0.2) is 6.20 Å². The van der Waals surface area contributed by atoms with Crippen LogP contribution in [0.3, 0.4) is 0 Å². The first kappa shape index (κ1) is 12.5. The van der Waals surface area contributed by atoms with Crippen LogP contribution in [0.4, 0.5) is 5.69 Å². The average molecular weight is 262 g/mol. The van der Waals surface area contributed by atoms with E-state index in [2.05, 4.69) is 10.4 Å². The maximum absolute atomic E-state index is 12.2. The summed E-state index contributed by atoms with van der Waals surface area (Å²) in [5.74, 6) is 2.33. The minimum Gasteiger partial charge on any atom is -0.396 e. The van der Waals surface area contributed by atoms with E-state index in [1.165, 1.54) is 25.7 Å². The molecule has 0 aromatic carbocycles. The first-order valence-electron chi connectivity index (χ1n) is 7.28. The summed E-state index contributed by atoms with van der Waals surface area (Å²) in [7, 11) is 0. The summed E-state index contributed by atoms with van der Waals surface area (Å²) < 4.78 is 1.66. The fourth-order valence-electron chi connectivity index (χ4n) is 3.82. The van der Waals surface area contributed by atoms with Gasteiger partial charge in [0.2, 0.25) is 0 Å². The highest BCUT2D eigenvalue weighted by atomic mass is 16.2. The average Bonchev–Trinajstić information content (AvgIpc) is 3.10. The van der Waals surface area contributed by atoms with Crippen molar-refractivity contribution in [2.75, 3.05) is 12.3 Å². The molecule has 3 rings (SSSR count). The highest BCUT2D eigenvalue weighted by Gasteiger charge is 2.39. The van der Waals surface area contributed by atoms with Crippen molar-refractivity contribution in [3.8, 4) is 0 Å². The first-order valence-corrected chi connectivity index (χ1v) is 7.28. The molecular weight excluding hydrogens is 240 g/mol. The number of carbonyl (C=O) groups excluding carboxylic acids is 1. The highest BCUT2D eigenvalue weighted by molar-refractivity contribution is 5.97. The summed E-state index contributed by atoms with van der Waals surface area (Å²) in [4.78, 5) is 12.2. The van der Waals surface area contributed by atoms with Gasteiger partial charge in [-0.05, 0) is 43.9 Å². The standard InChI is InChI=1S/C14H22N4O/c1-2-18-13(12(15)8-17-18)14(19)16-7-11-6-9-3-4-10(11)5-9/h8-11H,2-7,15H2,1H3,(H,16,19). The molecule has 3 atom stereocenters. The molecule has 1 aromatic heterocycles. The number of aryl methyl sites for hydroxylation is 1. The SMILES string of the molecule is CCn1ncc(N)c1C(=O)NCC1CC2CCC1C2. The van der Waals surface area contributed by atoms with Crippen LogP contribution in [-0.4, -0.2) is 22.2 Å². The quantitative estimate of drug-likeness (QED) is 0.866. The lowest BCUT2D eigenvalue weighted by molar-refractivity contribution is 0.0932. The largest absolute Gasteiger partial charge is 0.396 e. The summed E-state index contributed by atoms with van der Waals surface area (Å²) >= 11 is 0. The molecule has 0 saturated heterocycles. The number of rotatable bonds is 4. The van der Waals surface area contributed by atoms with Crippen LogP contribution in [0.1, 0.15) is 43.1 Å². The number of anilines is 1. The van der Waals surface area contributed by atoms with Crippen LogP contribution < -0.4 is 11.1 Å². The van der Waals surface area contributed by atoms with Gasteiger partial charge in [0.05, 0.1) is 11.9 Å². The van der Waals surface area contributed by atoms with Crippen LogP contribution in [0.2, 0.25) is 0 Å². The van der Waals surface area contributed by atoms with E-state index < -0.39 is 0 Å². The molecule has 1 heterocycles. The lowest BCUT2D eigenvalue weighted by Gasteiger charge is -2.21. The Morgan fingerprint density at radius 3 is 3.00 bits per heavy atom. The number of nitrogens with zero attached hydrogens (tertiary/aromatic N) is 2. The third-order valence-electron chi connectivity index (χ3n) is 4.79. The molecule has 2 aliphatic rings. The molecule has 2 fully saturated rings. The van der Waals surface area contributed by atoms with Gasteiger partial charge in [0.15, 0.2) is 0 Å². The minimum atomic E-state index is -0.0837. The maximum atomic E-state index is 12.2. The molecule has 104 valence electrons. The Kier molecular flexibility index (Phi) is 3.21. The Bertz CT molecular complexity index is 482. The lowest BCUT2D eigenvalue weighted by atomic mass is 9.89. The van der Waals surface area contributed by atoms with E-state index in [-0.39, 0.29) is 5.91 Å². The molecule has 0 radical (unpaired) electrons. The number of carbonyl (C=O) groups is 1. The molecule has 5 heteroatoms. The van der Waals surface area contributed by atoms with Crippen molar-refractivity contribution >= 4 is 11.6 Å². The summed E-state index contributed by atoms with van der Waals surface area (Å²) in [6.07, 6.45) is 6.95. The van der Waals surface area contributed by atoms with Crippen LogP contribution >= 0.6 is 0 Å². The van der Waals surface area contributed by atoms with Crippen LogP contribution in [0.5, 0.6) is 0 Å². The second-order valence-corrected chi connectivity index (χ2v) is 5.91. The van der Waals surface area contributed by atoms with Gasteiger partial charge < -0.3 is 11.1 Å². The molecule has 0 aliphatic heterocycles. The van der Waals surface area contributed by atoms with Crippen molar-refractivity contribution in [1.82, 2.24) is 15.1 Å². The zero-order valence-electron chi connectivity index (χ0n) is 11.4. The third-order valence-corrected chi connectivity index (χ3v) is 4.79. The number of hydrogen-bond donors (Lipinski definition) is 2. The Labute approximate surface area is 113 Å². The molecule has 19 heavy (non-hydrogen) atoms. The molecule has 5 nitrogen and oxygen atoms in total. The maximum Gasteiger partial charge on any atom is 0.271 e. The molecule has 3 unspecified atom stereocenters. The van der Waals surface area contributed by atoms with E-state index in [0.717, 1.165) is 18.4 Å². The van der Waals surface area contributed by atoms with Crippen molar-refractivity contribution < 1.29 is 4.79 Å². The summed E-state index contributed by atoms with van der Waals surface area (Å²) in [6.45, 7) is 3.40. The van der Waals surface area contributed by atoms with Crippen LogP contribution in [0.25, 0.3) is 0 Å². The summed E-state index contributed by atoms with van der Waals surface area (Å²) in [6, 6.07) is 0. The Morgan fingerprint density at radius 1 is 1.53 bits per heavy atom. The minimum absolute atomic E-state index is 0.0837. The van der Waals surface area contributed by atoms with Gasteiger partial charge in [-0.25, -0.2) is 0 Å². The Balaban J connectivity index is 1.61. The van der Waals surface area contributed by atoms with E-state index in [4.69, 9.17) is 5.73 Å². The van der Waals surface area contributed by atoms with E-state index in [0.29, 0.717) is 23.8 Å². The second-order valence-electron chi connectivity index (χ2n) is 5.91. The molecule has 2 saturated carbocycles. The molecule has 0 spiro atoms. The summed E-state index contributed by atoms with van der Waals surface area (Å²) in [5, 5.41) is 7.15. The highest BCUT2D eigenvalue weighted by Crippen LogP contribution is 2.47.